The second-order valence-electron chi connectivity index (χ2n) is 5.41. The Kier molecular flexibility index (Phi) is 10.9. The van der Waals surface area contributed by atoms with Crippen LogP contribution >= 0.6 is 0 Å². The highest BCUT2D eigenvalue weighted by Gasteiger charge is 2.08. The highest BCUT2D eigenvalue weighted by molar-refractivity contribution is 5.75. The molecule has 0 N–H and O–H groups in total. The molecular formula is C18H27NO7. The van der Waals surface area contributed by atoms with Crippen molar-refractivity contribution in [2.75, 3.05) is 77.9 Å². The number of rotatable bonds is 2. The molecule has 0 atom stereocenters. The number of carbonyl (C=O) groups excluding carboxylic acids is 1. The van der Waals surface area contributed by atoms with Crippen LogP contribution in [0.3, 0.4) is 0 Å². The molecule has 0 unspecified atom stereocenters. The maximum absolute atomic E-state index is 10.8. The topological polar surface area (TPSA) is 75.7 Å². The van der Waals surface area contributed by atoms with E-state index in [1.807, 2.05) is 12.1 Å². The number of nitrogens with zero attached hydrogens (tertiary/aromatic N) is 1. The van der Waals surface area contributed by atoms with Crippen molar-refractivity contribution < 1.29 is 33.3 Å². The van der Waals surface area contributed by atoms with E-state index >= 15 is 0 Å². The van der Waals surface area contributed by atoms with Crippen molar-refractivity contribution in [2.24, 2.45) is 0 Å². The Morgan fingerprint density at radius 3 is 1.62 bits per heavy atom. The van der Waals surface area contributed by atoms with E-state index in [9.17, 15) is 4.79 Å². The van der Waals surface area contributed by atoms with Crippen molar-refractivity contribution in [3.63, 3.8) is 0 Å². The van der Waals surface area contributed by atoms with Crippen molar-refractivity contribution in [1.82, 2.24) is 0 Å². The maximum Gasteiger partial charge on any atom is 0.150 e. The number of aldehydes is 1. The standard InChI is InChI=1S/C18H27NO7/c20-15-17-1-3-18(4-2-17)19-16-25-12-11-23-8-7-21-5-6-22-9-10-24-13-14-26-19/h1-4,15H,5-14,16H2. The molecule has 1 aliphatic rings. The predicted octanol–water partition coefficient (Wildman–Crippen LogP) is 1.29. The van der Waals surface area contributed by atoms with Crippen molar-refractivity contribution in [1.29, 1.82) is 0 Å². The second-order valence-corrected chi connectivity index (χ2v) is 5.41. The molecular weight excluding hydrogens is 342 g/mol. The SMILES string of the molecule is O=Cc1ccc(N2COCCOCCOCCOCCOCCO2)cc1. The van der Waals surface area contributed by atoms with Gasteiger partial charge in [-0.3, -0.25) is 9.63 Å². The van der Waals surface area contributed by atoms with E-state index in [-0.39, 0.29) is 6.73 Å². The van der Waals surface area contributed by atoms with Crippen molar-refractivity contribution in [3.8, 4) is 0 Å². The average Bonchev–Trinajstić information content (AvgIpc) is 2.68. The van der Waals surface area contributed by atoms with Crippen LogP contribution in [0.25, 0.3) is 0 Å². The van der Waals surface area contributed by atoms with Crippen LogP contribution in [0.15, 0.2) is 24.3 Å². The van der Waals surface area contributed by atoms with Gasteiger partial charge in [-0.1, -0.05) is 0 Å². The van der Waals surface area contributed by atoms with E-state index in [2.05, 4.69) is 0 Å². The van der Waals surface area contributed by atoms with E-state index in [1.165, 1.54) is 0 Å². The summed E-state index contributed by atoms with van der Waals surface area (Å²) in [6, 6.07) is 7.07. The molecule has 146 valence electrons. The summed E-state index contributed by atoms with van der Waals surface area (Å²) >= 11 is 0. The fourth-order valence-electron chi connectivity index (χ4n) is 2.14. The predicted molar refractivity (Wildman–Crippen MR) is 94.4 cm³/mol. The molecule has 0 bridgehead atoms. The van der Waals surface area contributed by atoms with Gasteiger partial charge in [-0.2, -0.15) is 0 Å². The normalized spacial score (nSPS) is 20.1. The minimum absolute atomic E-state index is 0.239. The Balaban J connectivity index is 1.83. The second kappa shape index (κ2) is 13.6. The minimum Gasteiger partial charge on any atom is -0.377 e. The molecule has 1 heterocycles. The minimum atomic E-state index is 0.239. The first-order chi connectivity index (χ1) is 12.9. The van der Waals surface area contributed by atoms with Crippen LogP contribution in [0.1, 0.15) is 10.4 Å². The highest BCUT2D eigenvalue weighted by atomic mass is 16.7. The van der Waals surface area contributed by atoms with E-state index < -0.39 is 0 Å². The number of carbonyl (C=O) groups is 1. The van der Waals surface area contributed by atoms with Gasteiger partial charge in [0.2, 0.25) is 0 Å². The molecule has 1 aromatic carbocycles. The molecule has 0 radical (unpaired) electrons. The van der Waals surface area contributed by atoms with Crippen molar-refractivity contribution in [3.05, 3.63) is 29.8 Å². The molecule has 0 spiro atoms. The first-order valence-electron chi connectivity index (χ1n) is 8.74. The first-order valence-corrected chi connectivity index (χ1v) is 8.74. The van der Waals surface area contributed by atoms with Crippen LogP contribution in [0.5, 0.6) is 0 Å². The molecule has 0 aliphatic carbocycles. The number of hydroxylamine groups is 1. The summed E-state index contributed by atoms with van der Waals surface area (Å²) in [6.07, 6.45) is 0.803. The van der Waals surface area contributed by atoms with Gasteiger partial charge in [0.1, 0.15) is 13.0 Å². The Bertz CT molecular complexity index is 465. The smallest absolute Gasteiger partial charge is 0.150 e. The van der Waals surface area contributed by atoms with E-state index in [0.717, 1.165) is 12.0 Å². The summed E-state index contributed by atoms with van der Waals surface area (Å²) in [7, 11) is 0. The summed E-state index contributed by atoms with van der Waals surface area (Å²) in [5, 5.41) is 1.63. The van der Waals surface area contributed by atoms with Crippen LogP contribution < -0.4 is 5.06 Å². The van der Waals surface area contributed by atoms with Crippen LogP contribution in [0.2, 0.25) is 0 Å². The fraction of sp³-hybridized carbons (Fsp3) is 0.611. The first kappa shape index (κ1) is 20.8. The van der Waals surface area contributed by atoms with E-state index in [4.69, 9.17) is 28.5 Å². The molecule has 0 aromatic heterocycles. The fourth-order valence-corrected chi connectivity index (χ4v) is 2.14. The van der Waals surface area contributed by atoms with Crippen molar-refractivity contribution >= 4 is 12.0 Å². The van der Waals surface area contributed by atoms with Crippen LogP contribution in [-0.2, 0) is 28.5 Å². The lowest BCUT2D eigenvalue weighted by Gasteiger charge is -2.24. The Morgan fingerprint density at radius 2 is 1.12 bits per heavy atom. The van der Waals surface area contributed by atoms with Crippen molar-refractivity contribution in [2.45, 2.75) is 0 Å². The number of hydrogen-bond acceptors (Lipinski definition) is 8. The maximum atomic E-state index is 10.8. The summed E-state index contributed by atoms with van der Waals surface area (Å²) in [6.45, 7) is 5.09. The zero-order chi connectivity index (χ0) is 18.3. The Labute approximate surface area is 153 Å². The van der Waals surface area contributed by atoms with Crippen LogP contribution in [0, 0.1) is 0 Å². The molecule has 26 heavy (non-hydrogen) atoms. The molecule has 1 saturated heterocycles. The lowest BCUT2D eigenvalue weighted by molar-refractivity contribution is -0.0416. The van der Waals surface area contributed by atoms with Gasteiger partial charge in [0.25, 0.3) is 0 Å². The van der Waals surface area contributed by atoms with Gasteiger partial charge in [-0.05, 0) is 24.3 Å². The quantitative estimate of drug-likeness (QED) is 0.722. The van der Waals surface area contributed by atoms with Crippen LogP contribution in [-0.4, -0.2) is 79.1 Å². The summed E-state index contributed by atoms with van der Waals surface area (Å²) in [5.41, 5.74) is 1.40. The number of anilines is 1. The largest absolute Gasteiger partial charge is 0.377 e. The third-order valence-corrected chi connectivity index (χ3v) is 3.49. The third-order valence-electron chi connectivity index (χ3n) is 3.49. The average molecular weight is 369 g/mol. The zero-order valence-electron chi connectivity index (χ0n) is 15.0. The molecule has 8 heteroatoms. The van der Waals surface area contributed by atoms with Gasteiger partial charge < -0.3 is 23.7 Å². The van der Waals surface area contributed by atoms with E-state index in [0.29, 0.717) is 71.6 Å². The Morgan fingerprint density at radius 1 is 0.654 bits per heavy atom. The Hall–Kier alpha value is -1.55. The molecule has 0 amide bonds. The zero-order valence-corrected chi connectivity index (χ0v) is 15.0. The van der Waals surface area contributed by atoms with E-state index in [1.54, 1.807) is 17.2 Å². The molecule has 1 fully saturated rings. The lowest BCUT2D eigenvalue weighted by atomic mass is 10.2. The number of hydrogen-bond donors (Lipinski definition) is 0. The van der Waals surface area contributed by atoms with Gasteiger partial charge >= 0.3 is 0 Å². The van der Waals surface area contributed by atoms with Gasteiger partial charge in [-0.25, -0.2) is 5.06 Å². The molecule has 0 saturated carbocycles. The highest BCUT2D eigenvalue weighted by Crippen LogP contribution is 2.15. The van der Waals surface area contributed by atoms with Crippen LogP contribution in [0.4, 0.5) is 5.69 Å². The number of benzene rings is 1. The monoisotopic (exact) mass is 369 g/mol. The lowest BCUT2D eigenvalue weighted by Crippen LogP contribution is -2.29. The third kappa shape index (κ3) is 8.70. The van der Waals surface area contributed by atoms with Gasteiger partial charge in [0.05, 0.1) is 71.8 Å². The summed E-state index contributed by atoms with van der Waals surface area (Å²) in [4.78, 5) is 16.5. The van der Waals surface area contributed by atoms with Gasteiger partial charge in [0.15, 0.2) is 0 Å². The molecule has 2 rings (SSSR count). The van der Waals surface area contributed by atoms with Gasteiger partial charge in [-0.15, -0.1) is 0 Å². The number of ether oxygens (including phenoxy) is 5. The summed E-state index contributed by atoms with van der Waals surface area (Å²) < 4.78 is 27.3. The van der Waals surface area contributed by atoms with Gasteiger partial charge in [0, 0.05) is 5.56 Å². The molecule has 1 aliphatic heterocycles. The molecule has 8 nitrogen and oxygen atoms in total. The molecule has 1 aromatic rings. The summed E-state index contributed by atoms with van der Waals surface area (Å²) in [5.74, 6) is 0.